The van der Waals surface area contributed by atoms with Crippen molar-refractivity contribution in [2.24, 2.45) is 0 Å². The van der Waals surface area contributed by atoms with Crippen LogP contribution < -0.4 is 11.0 Å². The number of aromatic nitrogens is 2. The molecule has 1 fully saturated rings. The van der Waals surface area contributed by atoms with Gasteiger partial charge in [-0.3, -0.25) is 0 Å². The number of hydrogen-bond donors (Lipinski definition) is 2. The first-order valence-electron chi connectivity index (χ1n) is 5.67. The minimum Gasteiger partial charge on any atom is -0.309 e. The topological polar surface area (TPSA) is 57.8 Å². The maximum absolute atomic E-state index is 13.3. The Morgan fingerprint density at radius 1 is 1.41 bits per heavy atom. The van der Waals surface area contributed by atoms with E-state index in [-0.39, 0.29) is 17.5 Å². The van der Waals surface area contributed by atoms with Crippen molar-refractivity contribution >= 4 is 10.9 Å². The fourth-order valence-electron chi connectivity index (χ4n) is 2.35. The minimum atomic E-state index is -0.382. The molecule has 1 atom stereocenters. The summed E-state index contributed by atoms with van der Waals surface area (Å²) in [5.41, 5.74) is 0.906. The van der Waals surface area contributed by atoms with Crippen LogP contribution in [0.3, 0.4) is 0 Å². The summed E-state index contributed by atoms with van der Waals surface area (Å²) in [5.74, 6) is -0.314. The SMILES string of the molecule is O=c1nc2ccc(F)cc2c(C2CCCN2)[nH]1. The van der Waals surface area contributed by atoms with E-state index in [0.717, 1.165) is 25.1 Å². The molecule has 0 radical (unpaired) electrons. The predicted molar refractivity (Wildman–Crippen MR) is 62.3 cm³/mol. The number of nitrogens with one attached hydrogen (secondary N) is 2. The number of hydrogen-bond acceptors (Lipinski definition) is 3. The van der Waals surface area contributed by atoms with Crippen molar-refractivity contribution in [2.45, 2.75) is 18.9 Å². The van der Waals surface area contributed by atoms with Gasteiger partial charge in [0.2, 0.25) is 0 Å². The van der Waals surface area contributed by atoms with Gasteiger partial charge >= 0.3 is 5.69 Å². The highest BCUT2D eigenvalue weighted by atomic mass is 19.1. The maximum Gasteiger partial charge on any atom is 0.345 e. The summed E-state index contributed by atoms with van der Waals surface area (Å²) in [6.07, 6.45) is 2.01. The molecule has 0 aliphatic carbocycles. The van der Waals surface area contributed by atoms with Crippen LogP contribution in [0.15, 0.2) is 23.0 Å². The lowest BCUT2D eigenvalue weighted by atomic mass is 10.1. The molecule has 4 nitrogen and oxygen atoms in total. The molecule has 2 aromatic rings. The Kier molecular flexibility index (Phi) is 2.40. The lowest BCUT2D eigenvalue weighted by Crippen LogP contribution is -2.20. The van der Waals surface area contributed by atoms with Gasteiger partial charge in [-0.2, -0.15) is 4.98 Å². The summed E-state index contributed by atoms with van der Waals surface area (Å²) < 4.78 is 13.3. The van der Waals surface area contributed by atoms with Crippen molar-refractivity contribution in [3.05, 3.63) is 40.2 Å². The smallest absolute Gasteiger partial charge is 0.309 e. The third kappa shape index (κ3) is 1.82. The van der Waals surface area contributed by atoms with Gasteiger partial charge in [0.15, 0.2) is 0 Å². The Morgan fingerprint density at radius 3 is 3.06 bits per heavy atom. The Morgan fingerprint density at radius 2 is 2.29 bits per heavy atom. The summed E-state index contributed by atoms with van der Waals surface area (Å²) in [4.78, 5) is 18.0. The first kappa shape index (κ1) is 10.4. The number of nitrogens with zero attached hydrogens (tertiary/aromatic N) is 1. The van der Waals surface area contributed by atoms with E-state index in [9.17, 15) is 9.18 Å². The number of aromatic amines is 1. The Hall–Kier alpha value is -1.75. The third-order valence-electron chi connectivity index (χ3n) is 3.12. The van der Waals surface area contributed by atoms with Crippen LogP contribution in [0.25, 0.3) is 10.9 Å². The van der Waals surface area contributed by atoms with Crippen LogP contribution in [-0.2, 0) is 0 Å². The van der Waals surface area contributed by atoms with Gasteiger partial charge in [0.05, 0.1) is 5.52 Å². The molecule has 0 bridgehead atoms. The number of H-pyrrole nitrogens is 1. The van der Waals surface area contributed by atoms with Crippen LogP contribution in [0, 0.1) is 5.82 Å². The molecule has 2 N–H and O–H groups in total. The van der Waals surface area contributed by atoms with Gasteiger partial charge < -0.3 is 10.3 Å². The number of benzene rings is 1. The predicted octanol–water partition coefficient (Wildman–Crippen LogP) is 1.49. The largest absolute Gasteiger partial charge is 0.345 e. The van der Waals surface area contributed by atoms with E-state index in [1.54, 1.807) is 6.07 Å². The summed E-state index contributed by atoms with van der Waals surface area (Å²) in [7, 11) is 0. The van der Waals surface area contributed by atoms with Gasteiger partial charge in [-0.1, -0.05) is 0 Å². The van der Waals surface area contributed by atoms with Crippen LogP contribution >= 0.6 is 0 Å². The van der Waals surface area contributed by atoms with E-state index in [4.69, 9.17) is 0 Å². The molecule has 1 unspecified atom stereocenters. The van der Waals surface area contributed by atoms with Crippen molar-refractivity contribution in [3.63, 3.8) is 0 Å². The first-order chi connectivity index (χ1) is 8.24. The molecule has 1 saturated heterocycles. The van der Waals surface area contributed by atoms with E-state index in [0.29, 0.717) is 10.9 Å². The zero-order valence-electron chi connectivity index (χ0n) is 9.16. The highest BCUT2D eigenvalue weighted by Crippen LogP contribution is 2.26. The van der Waals surface area contributed by atoms with E-state index < -0.39 is 0 Å². The Labute approximate surface area is 96.9 Å². The monoisotopic (exact) mass is 233 g/mol. The average Bonchev–Trinajstić information content (AvgIpc) is 2.82. The van der Waals surface area contributed by atoms with E-state index in [1.807, 2.05) is 0 Å². The molecule has 0 spiro atoms. The molecule has 1 aromatic carbocycles. The van der Waals surface area contributed by atoms with Gasteiger partial charge in [-0.15, -0.1) is 0 Å². The fourth-order valence-corrected chi connectivity index (χ4v) is 2.35. The summed E-state index contributed by atoms with van der Waals surface area (Å²) in [6.45, 7) is 0.922. The molecule has 1 aliphatic rings. The Bertz CT molecular complexity index is 617. The van der Waals surface area contributed by atoms with Crippen LogP contribution in [0.4, 0.5) is 4.39 Å². The number of halogens is 1. The summed E-state index contributed by atoms with van der Waals surface area (Å²) in [6, 6.07) is 4.38. The summed E-state index contributed by atoms with van der Waals surface area (Å²) >= 11 is 0. The van der Waals surface area contributed by atoms with Crippen molar-refractivity contribution in [3.8, 4) is 0 Å². The highest BCUT2D eigenvalue weighted by molar-refractivity contribution is 5.81. The minimum absolute atomic E-state index is 0.0926. The van der Waals surface area contributed by atoms with Crippen LogP contribution in [-0.4, -0.2) is 16.5 Å². The van der Waals surface area contributed by atoms with E-state index in [2.05, 4.69) is 15.3 Å². The van der Waals surface area contributed by atoms with Crippen molar-refractivity contribution < 1.29 is 4.39 Å². The lowest BCUT2D eigenvalue weighted by Gasteiger charge is -2.12. The van der Waals surface area contributed by atoms with Crippen molar-refractivity contribution in [1.82, 2.24) is 15.3 Å². The number of fused-ring (bicyclic) bond motifs is 1. The second kappa shape index (κ2) is 3.92. The average molecular weight is 233 g/mol. The maximum atomic E-state index is 13.3. The number of rotatable bonds is 1. The van der Waals surface area contributed by atoms with Gasteiger partial charge in [0.1, 0.15) is 5.82 Å². The van der Waals surface area contributed by atoms with Crippen LogP contribution in [0.5, 0.6) is 0 Å². The van der Waals surface area contributed by atoms with Crippen molar-refractivity contribution in [2.75, 3.05) is 6.54 Å². The normalized spacial score (nSPS) is 19.9. The molecule has 2 heterocycles. The second-order valence-corrected chi connectivity index (χ2v) is 4.27. The molecular formula is C12H12FN3O. The standard InChI is InChI=1S/C12H12FN3O/c13-7-3-4-9-8(6-7)11(16-12(17)15-9)10-2-1-5-14-10/h3-4,6,10,14H,1-2,5H2,(H,15,16,17). The van der Waals surface area contributed by atoms with Gasteiger partial charge in [-0.25, -0.2) is 9.18 Å². The second-order valence-electron chi connectivity index (χ2n) is 4.27. The zero-order valence-corrected chi connectivity index (χ0v) is 9.16. The van der Waals surface area contributed by atoms with Crippen LogP contribution in [0.2, 0.25) is 0 Å². The zero-order chi connectivity index (χ0) is 11.8. The molecule has 0 saturated carbocycles. The van der Waals surface area contributed by atoms with Gasteiger partial charge in [0.25, 0.3) is 0 Å². The Balaban J connectivity index is 2.27. The van der Waals surface area contributed by atoms with E-state index >= 15 is 0 Å². The third-order valence-corrected chi connectivity index (χ3v) is 3.12. The van der Waals surface area contributed by atoms with Gasteiger partial charge in [0, 0.05) is 17.1 Å². The lowest BCUT2D eigenvalue weighted by molar-refractivity contribution is 0.620. The molecular weight excluding hydrogens is 221 g/mol. The molecule has 5 heteroatoms. The quantitative estimate of drug-likeness (QED) is 0.784. The molecule has 0 amide bonds. The molecule has 1 aromatic heterocycles. The highest BCUT2D eigenvalue weighted by Gasteiger charge is 2.20. The van der Waals surface area contributed by atoms with Crippen LogP contribution in [0.1, 0.15) is 24.6 Å². The molecule has 1 aliphatic heterocycles. The molecule has 88 valence electrons. The fraction of sp³-hybridized carbons (Fsp3) is 0.333. The molecule has 17 heavy (non-hydrogen) atoms. The van der Waals surface area contributed by atoms with Gasteiger partial charge in [-0.05, 0) is 37.6 Å². The van der Waals surface area contributed by atoms with E-state index in [1.165, 1.54) is 12.1 Å². The molecule has 3 rings (SSSR count). The summed E-state index contributed by atoms with van der Waals surface area (Å²) in [5, 5.41) is 3.98. The van der Waals surface area contributed by atoms with Crippen molar-refractivity contribution in [1.29, 1.82) is 0 Å². The first-order valence-corrected chi connectivity index (χ1v) is 5.67.